The van der Waals surface area contributed by atoms with Crippen LogP contribution < -0.4 is 9.46 Å². The second kappa shape index (κ2) is 9.03. The van der Waals surface area contributed by atoms with Crippen molar-refractivity contribution in [3.8, 4) is 5.75 Å². The summed E-state index contributed by atoms with van der Waals surface area (Å²) in [6.45, 7) is 3.92. The fourth-order valence-corrected chi connectivity index (χ4v) is 3.60. The van der Waals surface area contributed by atoms with Crippen LogP contribution in [-0.2, 0) is 14.8 Å². The van der Waals surface area contributed by atoms with E-state index in [1.807, 2.05) is 18.6 Å². The molecule has 10 heteroatoms. The predicted molar refractivity (Wildman–Crippen MR) is 104 cm³/mol. The molecule has 2 aromatic rings. The van der Waals surface area contributed by atoms with E-state index in [2.05, 4.69) is 0 Å². The zero-order chi connectivity index (χ0) is 20.9. The summed E-state index contributed by atoms with van der Waals surface area (Å²) < 4.78 is 31.8. The summed E-state index contributed by atoms with van der Waals surface area (Å²) >= 11 is 6.09. The topological polar surface area (TPSA) is 116 Å². The molecule has 150 valence electrons. The number of amides is 1. The molecule has 0 saturated heterocycles. The fraction of sp³-hybridized carbons (Fsp3) is 0.278. The number of hydrogen-bond donors (Lipinski definition) is 1. The number of hydrogen-bond acceptors (Lipinski definition) is 6. The Balaban J connectivity index is 1.88. The summed E-state index contributed by atoms with van der Waals surface area (Å²) in [5.74, 6) is -0.109. The maximum atomic E-state index is 12.2. The Kier molecular flexibility index (Phi) is 6.98. The largest absolute Gasteiger partial charge is 0.494 e. The first-order valence-electron chi connectivity index (χ1n) is 8.30. The highest BCUT2D eigenvalue weighted by atomic mass is 35.5. The van der Waals surface area contributed by atoms with Crippen LogP contribution in [0.15, 0.2) is 41.3 Å². The number of halogens is 1. The van der Waals surface area contributed by atoms with Gasteiger partial charge in [-0.25, -0.2) is 13.1 Å². The molecule has 2 rings (SSSR count). The zero-order valence-electron chi connectivity index (χ0n) is 15.3. The lowest BCUT2D eigenvalue weighted by atomic mass is 10.1. The highest BCUT2D eigenvalue weighted by Gasteiger charge is 2.20. The molecule has 0 saturated carbocycles. The molecular weight excluding hydrogens is 408 g/mol. The van der Waals surface area contributed by atoms with Gasteiger partial charge in [0.1, 0.15) is 5.75 Å². The quantitative estimate of drug-likeness (QED) is 0.392. The molecule has 0 aromatic heterocycles. The Bertz CT molecular complexity index is 984. The minimum atomic E-state index is -4.18. The molecule has 2 aromatic carbocycles. The van der Waals surface area contributed by atoms with Gasteiger partial charge in [-0.05, 0) is 49.6 Å². The number of aryl methyl sites for hydroxylation is 2. The first-order valence-corrected chi connectivity index (χ1v) is 10.2. The number of benzene rings is 2. The third-order valence-electron chi connectivity index (χ3n) is 3.81. The first-order chi connectivity index (χ1) is 13.1. The Labute approximate surface area is 167 Å². The molecule has 0 aliphatic rings. The van der Waals surface area contributed by atoms with E-state index in [1.165, 1.54) is 18.2 Å². The zero-order valence-corrected chi connectivity index (χ0v) is 16.8. The van der Waals surface area contributed by atoms with E-state index in [9.17, 15) is 23.3 Å². The number of carbonyl (C=O) groups excluding carboxylic acids is 1. The van der Waals surface area contributed by atoms with Crippen molar-refractivity contribution in [1.82, 2.24) is 4.72 Å². The van der Waals surface area contributed by atoms with Gasteiger partial charge in [0.15, 0.2) is 0 Å². The minimum absolute atomic E-state index is 0.0836. The van der Waals surface area contributed by atoms with E-state index in [-0.39, 0.29) is 30.0 Å². The molecule has 0 heterocycles. The molecule has 1 amide bonds. The summed E-state index contributed by atoms with van der Waals surface area (Å²) in [5.41, 5.74) is 1.37. The van der Waals surface area contributed by atoms with Gasteiger partial charge in [0.05, 0.1) is 16.4 Å². The third-order valence-corrected chi connectivity index (χ3v) is 5.78. The van der Waals surface area contributed by atoms with Crippen LogP contribution in [0.4, 0.5) is 5.69 Å². The highest BCUT2D eigenvalue weighted by molar-refractivity contribution is 7.90. The normalized spacial score (nSPS) is 11.1. The number of nitro benzene ring substituents is 1. The average Bonchev–Trinajstić information content (AvgIpc) is 2.63. The third kappa shape index (κ3) is 5.67. The number of nitrogens with one attached hydrogen (secondary N) is 1. The molecule has 0 unspecified atom stereocenters. The van der Waals surface area contributed by atoms with Crippen molar-refractivity contribution in [3.05, 3.63) is 62.7 Å². The summed E-state index contributed by atoms with van der Waals surface area (Å²) in [5, 5.41) is 11.4. The van der Waals surface area contributed by atoms with Crippen molar-refractivity contribution in [2.45, 2.75) is 31.6 Å². The first kappa shape index (κ1) is 21.6. The molecule has 1 N–H and O–H groups in total. The van der Waals surface area contributed by atoms with Gasteiger partial charge in [-0.3, -0.25) is 14.9 Å². The van der Waals surface area contributed by atoms with E-state index in [1.54, 1.807) is 12.1 Å². The number of ether oxygens (including phenoxy) is 1. The van der Waals surface area contributed by atoms with E-state index < -0.39 is 20.9 Å². The van der Waals surface area contributed by atoms with Gasteiger partial charge in [0, 0.05) is 23.6 Å². The van der Waals surface area contributed by atoms with Crippen molar-refractivity contribution < 1.29 is 22.9 Å². The average molecular weight is 427 g/mol. The van der Waals surface area contributed by atoms with E-state index >= 15 is 0 Å². The van der Waals surface area contributed by atoms with Crippen LogP contribution in [0.2, 0.25) is 5.02 Å². The molecule has 0 bridgehead atoms. The smallest absolute Gasteiger partial charge is 0.270 e. The van der Waals surface area contributed by atoms with Gasteiger partial charge in [-0.15, -0.1) is 0 Å². The molecule has 0 aliphatic heterocycles. The number of nitro groups is 1. The molecule has 0 atom stereocenters. The van der Waals surface area contributed by atoms with Crippen molar-refractivity contribution in [2.24, 2.45) is 0 Å². The number of nitrogens with zero attached hydrogens (tertiary/aromatic N) is 1. The lowest BCUT2D eigenvalue weighted by molar-refractivity contribution is -0.385. The van der Waals surface area contributed by atoms with Crippen LogP contribution in [0.3, 0.4) is 0 Å². The Morgan fingerprint density at radius 3 is 2.46 bits per heavy atom. The van der Waals surface area contributed by atoms with Crippen LogP contribution in [0, 0.1) is 24.0 Å². The van der Waals surface area contributed by atoms with Crippen molar-refractivity contribution >= 4 is 33.2 Å². The molecule has 0 radical (unpaired) electrons. The van der Waals surface area contributed by atoms with Crippen molar-refractivity contribution in [2.75, 3.05) is 6.61 Å². The van der Waals surface area contributed by atoms with Crippen LogP contribution in [0.1, 0.15) is 24.0 Å². The second-order valence-corrected chi connectivity index (χ2v) is 8.17. The van der Waals surface area contributed by atoms with Gasteiger partial charge in [0.2, 0.25) is 5.91 Å². The van der Waals surface area contributed by atoms with Crippen molar-refractivity contribution in [3.63, 3.8) is 0 Å². The molecule has 0 fully saturated rings. The lowest BCUT2D eigenvalue weighted by Crippen LogP contribution is -2.30. The van der Waals surface area contributed by atoms with Crippen LogP contribution in [0.25, 0.3) is 0 Å². The summed E-state index contributed by atoms with van der Waals surface area (Å²) in [6.07, 6.45) is 0.205. The van der Waals surface area contributed by atoms with Gasteiger partial charge < -0.3 is 4.74 Å². The lowest BCUT2D eigenvalue weighted by Gasteiger charge is -2.10. The Morgan fingerprint density at radius 1 is 1.21 bits per heavy atom. The van der Waals surface area contributed by atoms with Crippen molar-refractivity contribution in [1.29, 1.82) is 0 Å². The Hall–Kier alpha value is -2.65. The molecule has 0 spiro atoms. The van der Waals surface area contributed by atoms with E-state index in [4.69, 9.17) is 16.3 Å². The minimum Gasteiger partial charge on any atom is -0.494 e. The number of sulfonamides is 1. The van der Waals surface area contributed by atoms with Crippen LogP contribution in [0.5, 0.6) is 5.75 Å². The molecule has 0 aliphatic carbocycles. The number of non-ortho nitro benzene ring substituents is 1. The summed E-state index contributed by atoms with van der Waals surface area (Å²) in [4.78, 5) is 21.6. The Morgan fingerprint density at radius 2 is 1.86 bits per heavy atom. The molecule has 8 nitrogen and oxygen atoms in total. The van der Waals surface area contributed by atoms with Gasteiger partial charge in [-0.1, -0.05) is 17.7 Å². The number of rotatable bonds is 8. The standard InChI is InChI=1S/C18H19ClN2O6S/c1-12-9-15(10-13(2)18(12)19)27-8-4-7-17(22)20-28(25,26)16-6-3-5-14(11-16)21(23)24/h3,5-6,9-11H,4,7-8H2,1-2H3,(H,20,22). The second-order valence-electron chi connectivity index (χ2n) is 6.11. The SMILES string of the molecule is Cc1cc(OCCCC(=O)NS(=O)(=O)c2cccc([N+](=O)[O-])c2)cc(C)c1Cl. The van der Waals surface area contributed by atoms with E-state index in [0.29, 0.717) is 10.8 Å². The molecule has 28 heavy (non-hydrogen) atoms. The highest BCUT2D eigenvalue weighted by Crippen LogP contribution is 2.26. The van der Waals surface area contributed by atoms with Crippen LogP contribution in [-0.4, -0.2) is 25.9 Å². The van der Waals surface area contributed by atoms with Gasteiger partial charge in [0.25, 0.3) is 15.7 Å². The summed E-state index contributed by atoms with van der Waals surface area (Å²) in [6, 6.07) is 8.03. The number of carbonyl (C=O) groups is 1. The maximum absolute atomic E-state index is 12.2. The summed E-state index contributed by atoms with van der Waals surface area (Å²) in [7, 11) is -4.18. The van der Waals surface area contributed by atoms with Gasteiger partial charge >= 0.3 is 0 Å². The predicted octanol–water partition coefficient (Wildman–Crippen LogP) is 3.53. The van der Waals surface area contributed by atoms with Crippen LogP contribution >= 0.6 is 11.6 Å². The monoisotopic (exact) mass is 426 g/mol. The molecular formula is C18H19ClN2O6S. The fourth-order valence-electron chi connectivity index (χ4n) is 2.44. The van der Waals surface area contributed by atoms with Gasteiger partial charge in [-0.2, -0.15) is 0 Å². The van der Waals surface area contributed by atoms with E-state index in [0.717, 1.165) is 17.2 Å². The maximum Gasteiger partial charge on any atom is 0.270 e.